The summed E-state index contributed by atoms with van der Waals surface area (Å²) >= 11 is 7.68. The van der Waals surface area contributed by atoms with Gasteiger partial charge in [0.15, 0.2) is 0 Å². The fraction of sp³-hybridized carbons (Fsp3) is 0.750. The van der Waals surface area contributed by atoms with Crippen LogP contribution in [0, 0.1) is 0 Å². The summed E-state index contributed by atoms with van der Waals surface area (Å²) in [6.07, 6.45) is 2.69. The molecule has 0 unspecified atom stereocenters. The van der Waals surface area contributed by atoms with Gasteiger partial charge in [-0.25, -0.2) is 0 Å². The highest BCUT2D eigenvalue weighted by molar-refractivity contribution is 7.16. The molecule has 0 radical (unpaired) electrons. The average Bonchev–Trinajstić information content (AvgIpc) is 3.17. The van der Waals surface area contributed by atoms with E-state index in [1.165, 1.54) is 11.3 Å². The summed E-state index contributed by atoms with van der Waals surface area (Å²) in [4.78, 5) is 6.36. The van der Waals surface area contributed by atoms with Crippen LogP contribution in [0.1, 0.15) is 17.7 Å². The van der Waals surface area contributed by atoms with Crippen LogP contribution in [-0.4, -0.2) is 68.4 Å². The number of rotatable bonds is 7. The molecule has 0 amide bonds. The van der Waals surface area contributed by atoms with Crippen molar-refractivity contribution in [3.05, 3.63) is 21.3 Å². The first-order valence-electron chi connectivity index (χ1n) is 8.18. The van der Waals surface area contributed by atoms with E-state index in [4.69, 9.17) is 21.1 Å². The molecule has 2 aliphatic rings. The Morgan fingerprint density at radius 1 is 1.23 bits per heavy atom. The van der Waals surface area contributed by atoms with Crippen LogP contribution >= 0.6 is 22.9 Å². The molecule has 3 heterocycles. The molecule has 1 aromatic rings. The predicted molar refractivity (Wildman–Crippen MR) is 90.8 cm³/mol. The van der Waals surface area contributed by atoms with Crippen molar-refractivity contribution in [3.63, 3.8) is 0 Å². The van der Waals surface area contributed by atoms with E-state index in [0.717, 1.165) is 69.8 Å². The number of piperazine rings is 1. The molecule has 22 heavy (non-hydrogen) atoms. The molecule has 0 aliphatic carbocycles. The van der Waals surface area contributed by atoms with Crippen molar-refractivity contribution in [1.29, 1.82) is 0 Å². The second kappa shape index (κ2) is 8.62. The molecular formula is C16H25ClN2O2S. The molecule has 124 valence electrons. The van der Waals surface area contributed by atoms with Gasteiger partial charge in [0.25, 0.3) is 0 Å². The highest BCUT2D eigenvalue weighted by Crippen LogP contribution is 2.23. The first-order chi connectivity index (χ1) is 10.8. The summed E-state index contributed by atoms with van der Waals surface area (Å²) in [5.41, 5.74) is 0. The number of ether oxygens (including phenoxy) is 2. The van der Waals surface area contributed by atoms with E-state index in [1.807, 2.05) is 6.07 Å². The topological polar surface area (TPSA) is 24.9 Å². The third-order valence-electron chi connectivity index (χ3n) is 4.35. The molecule has 0 aromatic carbocycles. The molecule has 0 N–H and O–H groups in total. The first-order valence-corrected chi connectivity index (χ1v) is 9.37. The number of nitrogens with zero attached hydrogens (tertiary/aromatic N) is 2. The van der Waals surface area contributed by atoms with Gasteiger partial charge in [-0.1, -0.05) is 11.6 Å². The Hall–Kier alpha value is -0.170. The summed E-state index contributed by atoms with van der Waals surface area (Å²) in [5, 5.41) is 0. The van der Waals surface area contributed by atoms with E-state index < -0.39 is 0 Å². The van der Waals surface area contributed by atoms with E-state index in [2.05, 4.69) is 15.9 Å². The summed E-state index contributed by atoms with van der Waals surface area (Å²) < 4.78 is 12.2. The SMILES string of the molecule is Clc1ccc(CN2CCN(CCOC[C@@H]3CCCO3)CC2)s1. The normalized spacial score (nSPS) is 24.1. The largest absolute Gasteiger partial charge is 0.377 e. The fourth-order valence-electron chi connectivity index (χ4n) is 3.01. The minimum atomic E-state index is 0.342. The molecule has 0 bridgehead atoms. The lowest BCUT2D eigenvalue weighted by Crippen LogP contribution is -2.46. The van der Waals surface area contributed by atoms with Gasteiger partial charge in [0.2, 0.25) is 0 Å². The van der Waals surface area contributed by atoms with Gasteiger partial charge >= 0.3 is 0 Å². The third kappa shape index (κ3) is 5.18. The number of hydrogen-bond acceptors (Lipinski definition) is 5. The maximum atomic E-state index is 5.99. The minimum absolute atomic E-state index is 0.342. The smallest absolute Gasteiger partial charge is 0.0931 e. The van der Waals surface area contributed by atoms with Crippen LogP contribution in [0.2, 0.25) is 4.34 Å². The van der Waals surface area contributed by atoms with E-state index in [-0.39, 0.29) is 0 Å². The van der Waals surface area contributed by atoms with Crippen molar-refractivity contribution >= 4 is 22.9 Å². The number of halogens is 1. The average molecular weight is 345 g/mol. The van der Waals surface area contributed by atoms with E-state index in [9.17, 15) is 0 Å². The molecule has 2 aliphatic heterocycles. The zero-order chi connectivity index (χ0) is 15.2. The Morgan fingerprint density at radius 3 is 2.73 bits per heavy atom. The first kappa shape index (κ1) is 16.7. The lowest BCUT2D eigenvalue weighted by molar-refractivity contribution is 0.00614. The summed E-state index contributed by atoms with van der Waals surface area (Å²) in [5.74, 6) is 0. The van der Waals surface area contributed by atoms with Crippen LogP contribution in [0.4, 0.5) is 0 Å². The second-order valence-electron chi connectivity index (χ2n) is 6.03. The van der Waals surface area contributed by atoms with Crippen LogP contribution in [0.15, 0.2) is 12.1 Å². The maximum absolute atomic E-state index is 5.99. The Balaban J connectivity index is 1.27. The van der Waals surface area contributed by atoms with Crippen molar-refractivity contribution in [3.8, 4) is 0 Å². The van der Waals surface area contributed by atoms with Gasteiger partial charge in [-0.3, -0.25) is 9.80 Å². The maximum Gasteiger partial charge on any atom is 0.0931 e. The zero-order valence-corrected chi connectivity index (χ0v) is 14.6. The number of thiophene rings is 1. The van der Waals surface area contributed by atoms with Gasteiger partial charge in [0, 0.05) is 50.8 Å². The molecule has 4 nitrogen and oxygen atoms in total. The number of hydrogen-bond donors (Lipinski definition) is 0. The van der Waals surface area contributed by atoms with Gasteiger partial charge in [-0.05, 0) is 25.0 Å². The molecule has 3 rings (SSSR count). The van der Waals surface area contributed by atoms with Gasteiger partial charge in [0.1, 0.15) is 0 Å². The fourth-order valence-corrected chi connectivity index (χ4v) is 4.14. The lowest BCUT2D eigenvalue weighted by atomic mass is 10.2. The Morgan fingerprint density at radius 2 is 2.05 bits per heavy atom. The summed E-state index contributed by atoms with van der Waals surface area (Å²) in [6.45, 7) is 9.06. The minimum Gasteiger partial charge on any atom is -0.377 e. The van der Waals surface area contributed by atoms with Crippen molar-refractivity contribution < 1.29 is 9.47 Å². The summed E-state index contributed by atoms with van der Waals surface area (Å²) in [7, 11) is 0. The van der Waals surface area contributed by atoms with E-state index in [0.29, 0.717) is 6.10 Å². The molecule has 0 saturated carbocycles. The Kier molecular flexibility index (Phi) is 6.53. The van der Waals surface area contributed by atoms with Gasteiger partial charge < -0.3 is 9.47 Å². The van der Waals surface area contributed by atoms with Crippen LogP contribution in [0.25, 0.3) is 0 Å². The highest BCUT2D eigenvalue weighted by atomic mass is 35.5. The highest BCUT2D eigenvalue weighted by Gasteiger charge is 2.18. The van der Waals surface area contributed by atoms with Crippen molar-refractivity contribution in [2.24, 2.45) is 0 Å². The summed E-state index contributed by atoms with van der Waals surface area (Å²) in [6, 6.07) is 4.13. The monoisotopic (exact) mass is 344 g/mol. The Labute approximate surface area is 141 Å². The molecular weight excluding hydrogens is 320 g/mol. The second-order valence-corrected chi connectivity index (χ2v) is 7.83. The van der Waals surface area contributed by atoms with Gasteiger partial charge in [-0.2, -0.15) is 0 Å². The van der Waals surface area contributed by atoms with Crippen LogP contribution < -0.4 is 0 Å². The lowest BCUT2D eigenvalue weighted by Gasteiger charge is -2.34. The zero-order valence-electron chi connectivity index (χ0n) is 13.0. The quantitative estimate of drug-likeness (QED) is 0.710. The molecule has 1 atom stereocenters. The van der Waals surface area contributed by atoms with E-state index in [1.54, 1.807) is 11.3 Å². The van der Waals surface area contributed by atoms with Crippen LogP contribution in [0.5, 0.6) is 0 Å². The molecule has 1 aromatic heterocycles. The third-order valence-corrected chi connectivity index (χ3v) is 5.57. The van der Waals surface area contributed by atoms with Crippen molar-refractivity contribution in [2.45, 2.75) is 25.5 Å². The van der Waals surface area contributed by atoms with E-state index >= 15 is 0 Å². The van der Waals surface area contributed by atoms with Crippen molar-refractivity contribution in [2.75, 3.05) is 52.5 Å². The van der Waals surface area contributed by atoms with Crippen molar-refractivity contribution in [1.82, 2.24) is 9.80 Å². The van der Waals surface area contributed by atoms with Gasteiger partial charge in [-0.15, -0.1) is 11.3 Å². The molecule has 2 fully saturated rings. The molecule has 2 saturated heterocycles. The van der Waals surface area contributed by atoms with Crippen LogP contribution in [-0.2, 0) is 16.0 Å². The standard InChI is InChI=1S/C16H25ClN2O2S/c17-16-4-3-15(22-16)12-19-7-5-18(6-8-19)9-11-20-13-14-2-1-10-21-14/h3-4,14H,1-2,5-13H2/t14-/m0/s1. The molecule has 0 spiro atoms. The Bertz CT molecular complexity index is 443. The predicted octanol–water partition coefficient (Wildman–Crippen LogP) is 2.71. The molecule has 6 heteroatoms. The van der Waals surface area contributed by atoms with Crippen LogP contribution in [0.3, 0.4) is 0 Å². The van der Waals surface area contributed by atoms with Gasteiger partial charge in [0.05, 0.1) is 23.7 Å².